The van der Waals surface area contributed by atoms with Crippen molar-refractivity contribution < 1.29 is 10.2 Å². The van der Waals surface area contributed by atoms with Crippen LogP contribution >= 0.6 is 0 Å². The Bertz CT molecular complexity index is 143. The molecular weight excluding hydrogens is 154 g/mol. The van der Waals surface area contributed by atoms with Gasteiger partial charge in [-0.2, -0.15) is 0 Å². The lowest BCUT2D eigenvalue weighted by Gasteiger charge is -2.25. The normalized spacial score (nSPS) is 25.0. The minimum atomic E-state index is -0.656. The molecule has 1 rings (SSSR count). The predicted octanol–water partition coefficient (Wildman–Crippen LogP) is 0.118. The number of hydrogen-bond acceptors (Lipinski definition) is 3. The topological polar surface area (TPSA) is 52.5 Å². The molecule has 0 unspecified atom stereocenters. The zero-order valence-electron chi connectivity index (χ0n) is 7.88. The van der Waals surface area contributed by atoms with Gasteiger partial charge < -0.3 is 15.5 Å². The second-order valence-electron chi connectivity index (χ2n) is 4.05. The molecule has 1 fully saturated rings. The minimum absolute atomic E-state index is 0.420. The summed E-state index contributed by atoms with van der Waals surface area (Å²) in [5.41, 5.74) is -0.656. The molecular formula is C9H19NO2. The maximum atomic E-state index is 9.86. The zero-order chi connectivity index (χ0) is 9.19. The van der Waals surface area contributed by atoms with Gasteiger partial charge in [-0.1, -0.05) is 0 Å². The molecule has 72 valence electrons. The van der Waals surface area contributed by atoms with Crippen molar-refractivity contribution in [1.29, 1.82) is 0 Å². The first-order valence-corrected chi connectivity index (χ1v) is 4.61. The third-order valence-electron chi connectivity index (χ3n) is 2.55. The Labute approximate surface area is 73.8 Å². The fraction of sp³-hybridized carbons (Fsp3) is 1.00. The summed E-state index contributed by atoms with van der Waals surface area (Å²) in [5.74, 6) is 0.420. The Morgan fingerprint density at radius 2 is 2.17 bits per heavy atom. The molecule has 0 amide bonds. The van der Waals surface area contributed by atoms with E-state index < -0.39 is 11.7 Å². The van der Waals surface area contributed by atoms with E-state index >= 15 is 0 Å². The predicted molar refractivity (Wildman–Crippen MR) is 47.9 cm³/mol. The van der Waals surface area contributed by atoms with Crippen molar-refractivity contribution in [3.8, 4) is 0 Å². The van der Waals surface area contributed by atoms with Crippen LogP contribution in [-0.4, -0.2) is 35.5 Å². The van der Waals surface area contributed by atoms with Crippen LogP contribution in [0.1, 0.15) is 26.2 Å². The van der Waals surface area contributed by atoms with Gasteiger partial charge >= 0.3 is 0 Å². The molecule has 3 heteroatoms. The van der Waals surface area contributed by atoms with E-state index in [1.165, 1.54) is 0 Å². The van der Waals surface area contributed by atoms with Crippen LogP contribution < -0.4 is 5.32 Å². The lowest BCUT2D eigenvalue weighted by molar-refractivity contribution is -0.0125. The molecule has 1 aliphatic rings. The SMILES string of the molecule is CNC[C@H](O)C[C@](C)(O)C1CC1. The fourth-order valence-electron chi connectivity index (χ4n) is 1.66. The fourth-order valence-corrected chi connectivity index (χ4v) is 1.66. The van der Waals surface area contributed by atoms with Crippen molar-refractivity contribution in [3.63, 3.8) is 0 Å². The van der Waals surface area contributed by atoms with E-state index in [-0.39, 0.29) is 0 Å². The molecule has 3 nitrogen and oxygen atoms in total. The molecule has 2 atom stereocenters. The highest BCUT2D eigenvalue weighted by Crippen LogP contribution is 2.41. The van der Waals surface area contributed by atoms with Gasteiger partial charge in [0.15, 0.2) is 0 Å². The number of likely N-dealkylation sites (N-methyl/N-ethyl adjacent to an activating group) is 1. The van der Waals surface area contributed by atoms with Gasteiger partial charge in [-0.25, -0.2) is 0 Å². The molecule has 0 heterocycles. The van der Waals surface area contributed by atoms with Crippen LogP contribution in [0, 0.1) is 5.92 Å². The maximum absolute atomic E-state index is 9.86. The lowest BCUT2D eigenvalue weighted by atomic mass is 9.93. The van der Waals surface area contributed by atoms with E-state index in [4.69, 9.17) is 0 Å². The van der Waals surface area contributed by atoms with Crippen LogP contribution in [0.4, 0.5) is 0 Å². The Kier molecular flexibility index (Phi) is 3.09. The molecule has 0 aliphatic heterocycles. The molecule has 0 aromatic carbocycles. The maximum Gasteiger partial charge on any atom is 0.0691 e. The number of hydrogen-bond donors (Lipinski definition) is 3. The van der Waals surface area contributed by atoms with Crippen molar-refractivity contribution in [2.75, 3.05) is 13.6 Å². The first-order valence-electron chi connectivity index (χ1n) is 4.61. The average Bonchev–Trinajstić information content (AvgIpc) is 2.65. The largest absolute Gasteiger partial charge is 0.392 e. The Balaban J connectivity index is 2.27. The highest BCUT2D eigenvalue weighted by Gasteiger charge is 2.40. The summed E-state index contributed by atoms with van der Waals surface area (Å²) in [5, 5.41) is 22.2. The molecule has 3 N–H and O–H groups in total. The van der Waals surface area contributed by atoms with Crippen LogP contribution in [-0.2, 0) is 0 Å². The monoisotopic (exact) mass is 173 g/mol. The van der Waals surface area contributed by atoms with Gasteiger partial charge in [-0.15, -0.1) is 0 Å². The molecule has 12 heavy (non-hydrogen) atoms. The number of rotatable bonds is 5. The molecule has 0 radical (unpaired) electrons. The average molecular weight is 173 g/mol. The van der Waals surface area contributed by atoms with Gasteiger partial charge in [0.1, 0.15) is 0 Å². The third kappa shape index (κ3) is 2.73. The van der Waals surface area contributed by atoms with Crippen LogP contribution in [0.25, 0.3) is 0 Å². The number of aliphatic hydroxyl groups is 2. The first kappa shape index (κ1) is 9.96. The second kappa shape index (κ2) is 3.73. The van der Waals surface area contributed by atoms with E-state index in [2.05, 4.69) is 5.32 Å². The molecule has 0 aromatic rings. The van der Waals surface area contributed by atoms with Gasteiger partial charge in [-0.3, -0.25) is 0 Å². The van der Waals surface area contributed by atoms with Crippen LogP contribution in [0.2, 0.25) is 0 Å². The zero-order valence-corrected chi connectivity index (χ0v) is 7.88. The summed E-state index contributed by atoms with van der Waals surface area (Å²) in [6, 6.07) is 0. The quantitative estimate of drug-likeness (QED) is 0.553. The third-order valence-corrected chi connectivity index (χ3v) is 2.55. The summed E-state index contributed by atoms with van der Waals surface area (Å²) in [6.07, 6.45) is 2.28. The second-order valence-corrected chi connectivity index (χ2v) is 4.05. The molecule has 0 spiro atoms. The van der Waals surface area contributed by atoms with Crippen molar-refractivity contribution in [2.24, 2.45) is 5.92 Å². The van der Waals surface area contributed by atoms with Crippen molar-refractivity contribution in [3.05, 3.63) is 0 Å². The van der Waals surface area contributed by atoms with Gasteiger partial charge in [0.05, 0.1) is 11.7 Å². The summed E-state index contributed by atoms with van der Waals surface area (Å²) in [6.45, 7) is 2.38. The molecule has 0 aromatic heterocycles. The first-order chi connectivity index (χ1) is 5.56. The van der Waals surface area contributed by atoms with E-state index in [1.807, 2.05) is 6.92 Å². The van der Waals surface area contributed by atoms with Crippen molar-refractivity contribution >= 4 is 0 Å². The smallest absolute Gasteiger partial charge is 0.0691 e. The van der Waals surface area contributed by atoms with E-state index in [9.17, 15) is 10.2 Å². The number of nitrogens with one attached hydrogen (secondary N) is 1. The molecule has 1 saturated carbocycles. The van der Waals surface area contributed by atoms with Crippen LogP contribution in [0.15, 0.2) is 0 Å². The summed E-state index contributed by atoms with van der Waals surface area (Å²) in [4.78, 5) is 0. The molecule has 0 saturated heterocycles. The Morgan fingerprint density at radius 1 is 1.58 bits per heavy atom. The standard InChI is InChI=1S/C9H19NO2/c1-9(12,7-3-4-7)5-8(11)6-10-2/h7-8,10-12H,3-6H2,1-2H3/t8-,9+/m1/s1. The van der Waals surface area contributed by atoms with E-state index in [1.54, 1.807) is 7.05 Å². The van der Waals surface area contributed by atoms with Gasteiger partial charge in [0.2, 0.25) is 0 Å². The van der Waals surface area contributed by atoms with Crippen LogP contribution in [0.5, 0.6) is 0 Å². The van der Waals surface area contributed by atoms with E-state index in [0.717, 1.165) is 12.8 Å². The summed E-state index contributed by atoms with van der Waals surface area (Å²) < 4.78 is 0. The summed E-state index contributed by atoms with van der Waals surface area (Å²) in [7, 11) is 1.80. The summed E-state index contributed by atoms with van der Waals surface area (Å²) >= 11 is 0. The minimum Gasteiger partial charge on any atom is -0.392 e. The highest BCUT2D eigenvalue weighted by atomic mass is 16.3. The Hall–Kier alpha value is -0.120. The van der Waals surface area contributed by atoms with Crippen molar-refractivity contribution in [2.45, 2.75) is 37.9 Å². The van der Waals surface area contributed by atoms with Gasteiger partial charge in [-0.05, 0) is 32.7 Å². The Morgan fingerprint density at radius 3 is 2.58 bits per heavy atom. The lowest BCUT2D eigenvalue weighted by Crippen LogP contribution is -2.36. The highest BCUT2D eigenvalue weighted by molar-refractivity contribution is 4.92. The van der Waals surface area contributed by atoms with E-state index in [0.29, 0.717) is 18.9 Å². The van der Waals surface area contributed by atoms with Crippen LogP contribution in [0.3, 0.4) is 0 Å². The van der Waals surface area contributed by atoms with Gasteiger partial charge in [0.25, 0.3) is 0 Å². The molecule has 1 aliphatic carbocycles. The molecule has 0 bridgehead atoms. The van der Waals surface area contributed by atoms with Crippen molar-refractivity contribution in [1.82, 2.24) is 5.32 Å². The number of aliphatic hydroxyl groups excluding tert-OH is 1. The van der Waals surface area contributed by atoms with Gasteiger partial charge in [0, 0.05) is 13.0 Å².